The van der Waals surface area contributed by atoms with E-state index in [1.54, 1.807) is 12.1 Å². The Balaban J connectivity index is 1.65. The second-order valence-corrected chi connectivity index (χ2v) is 8.32. The van der Waals surface area contributed by atoms with E-state index < -0.39 is 18.1 Å². The van der Waals surface area contributed by atoms with Crippen molar-refractivity contribution in [3.8, 4) is 11.5 Å². The van der Waals surface area contributed by atoms with E-state index in [1.165, 1.54) is 30.5 Å². The molecule has 1 aromatic heterocycles. The highest BCUT2D eigenvalue weighted by molar-refractivity contribution is 6.42. The zero-order valence-corrected chi connectivity index (χ0v) is 19.5. The van der Waals surface area contributed by atoms with Gasteiger partial charge in [0.1, 0.15) is 18.2 Å². The van der Waals surface area contributed by atoms with E-state index in [0.29, 0.717) is 23.2 Å². The lowest BCUT2D eigenvalue weighted by Gasteiger charge is -2.34. The number of likely N-dealkylation sites (tertiary alicyclic amines) is 1. The summed E-state index contributed by atoms with van der Waals surface area (Å²) in [6, 6.07) is 6.11. The van der Waals surface area contributed by atoms with Gasteiger partial charge in [-0.1, -0.05) is 29.8 Å². The largest absolute Gasteiger partial charge is 0.493 e. The van der Waals surface area contributed by atoms with Crippen molar-refractivity contribution in [2.45, 2.75) is 18.7 Å². The molecule has 0 radical (unpaired) electrons. The minimum Gasteiger partial charge on any atom is -0.493 e. The van der Waals surface area contributed by atoms with Crippen molar-refractivity contribution in [3.63, 3.8) is 0 Å². The number of ether oxygens (including phenoxy) is 2. The summed E-state index contributed by atoms with van der Waals surface area (Å²) in [5.74, 6) is -0.176. The summed E-state index contributed by atoms with van der Waals surface area (Å²) in [5.41, 5.74) is 0.557. The first kappa shape index (κ1) is 24.0. The second-order valence-electron chi connectivity index (χ2n) is 7.54. The van der Waals surface area contributed by atoms with Crippen LogP contribution < -0.4 is 14.8 Å². The molecule has 1 aliphatic rings. The number of carbonyl (C=O) groups excluding carboxylic acids is 1. The van der Waals surface area contributed by atoms with E-state index in [4.69, 9.17) is 32.7 Å². The standard InChI is InChI=1S/C23H20Cl2F2N4O3/c1-3-20(32)31-7-6-17(14(26)10-31)34-19-8-12-16(9-18(19)33-2)28-11-29-23(12)30-15-5-4-13(24)21(25)22(15)27/h3-5,8-9,11,14,17H,1,6-7,10H2,2H3,(H,28,29,30)/t14-,17-/m1/s1. The van der Waals surface area contributed by atoms with Crippen molar-refractivity contribution in [2.75, 3.05) is 25.5 Å². The van der Waals surface area contributed by atoms with Crippen LogP contribution in [0.3, 0.4) is 0 Å². The van der Waals surface area contributed by atoms with Crippen LogP contribution in [-0.4, -0.2) is 53.2 Å². The monoisotopic (exact) mass is 508 g/mol. The molecule has 178 valence electrons. The number of anilines is 2. The molecule has 2 atom stereocenters. The molecule has 0 aliphatic carbocycles. The van der Waals surface area contributed by atoms with Crippen LogP contribution in [0.1, 0.15) is 6.42 Å². The molecule has 1 amide bonds. The number of piperidine rings is 1. The lowest BCUT2D eigenvalue weighted by molar-refractivity contribution is -0.129. The summed E-state index contributed by atoms with van der Waals surface area (Å²) in [4.78, 5) is 21.6. The summed E-state index contributed by atoms with van der Waals surface area (Å²) in [5, 5.41) is 3.24. The number of nitrogens with one attached hydrogen (secondary N) is 1. The van der Waals surface area contributed by atoms with Gasteiger partial charge < -0.3 is 19.7 Å². The number of amides is 1. The predicted molar refractivity (Wildman–Crippen MR) is 126 cm³/mol. The van der Waals surface area contributed by atoms with Gasteiger partial charge in [-0.15, -0.1) is 0 Å². The number of halogens is 4. The van der Waals surface area contributed by atoms with Gasteiger partial charge in [-0.3, -0.25) is 4.79 Å². The van der Waals surface area contributed by atoms with Gasteiger partial charge in [0.2, 0.25) is 5.91 Å². The Morgan fingerprint density at radius 1 is 1.29 bits per heavy atom. The second kappa shape index (κ2) is 9.99. The molecule has 4 rings (SSSR count). The zero-order valence-electron chi connectivity index (χ0n) is 18.0. The van der Waals surface area contributed by atoms with Crippen molar-refractivity contribution in [2.24, 2.45) is 0 Å². The molecule has 0 unspecified atom stereocenters. The van der Waals surface area contributed by atoms with E-state index in [1.807, 2.05) is 0 Å². The maximum absolute atomic E-state index is 14.8. The molecule has 0 saturated carbocycles. The number of fused-ring (bicyclic) bond motifs is 1. The Morgan fingerprint density at radius 2 is 2.09 bits per heavy atom. The van der Waals surface area contributed by atoms with E-state index in [-0.39, 0.29) is 46.2 Å². The van der Waals surface area contributed by atoms with Crippen molar-refractivity contribution >= 4 is 51.5 Å². The minimum absolute atomic E-state index is 0.0655. The van der Waals surface area contributed by atoms with Crippen LogP contribution in [0.25, 0.3) is 10.9 Å². The highest BCUT2D eigenvalue weighted by atomic mass is 35.5. The van der Waals surface area contributed by atoms with Gasteiger partial charge in [0.25, 0.3) is 0 Å². The normalized spacial score (nSPS) is 18.0. The fraction of sp³-hybridized carbons (Fsp3) is 0.261. The maximum atomic E-state index is 14.8. The van der Waals surface area contributed by atoms with Crippen molar-refractivity contribution < 1.29 is 23.0 Å². The van der Waals surface area contributed by atoms with Crippen LogP contribution >= 0.6 is 23.2 Å². The summed E-state index contributed by atoms with van der Waals surface area (Å²) in [7, 11) is 1.46. The molecule has 7 nitrogen and oxygen atoms in total. The number of aromatic nitrogens is 2. The molecular formula is C23H20Cl2F2N4O3. The first-order valence-corrected chi connectivity index (χ1v) is 11.0. The van der Waals surface area contributed by atoms with E-state index in [9.17, 15) is 13.6 Å². The third-order valence-corrected chi connectivity index (χ3v) is 6.24. The van der Waals surface area contributed by atoms with Crippen molar-refractivity contribution in [1.29, 1.82) is 0 Å². The number of carbonyl (C=O) groups is 1. The zero-order chi connectivity index (χ0) is 24.4. The average molecular weight is 509 g/mol. The number of methoxy groups -OCH3 is 1. The van der Waals surface area contributed by atoms with Gasteiger partial charge >= 0.3 is 0 Å². The first-order valence-electron chi connectivity index (χ1n) is 10.3. The molecule has 1 N–H and O–H groups in total. The van der Waals surface area contributed by atoms with Gasteiger partial charge in [0.05, 0.1) is 34.9 Å². The van der Waals surface area contributed by atoms with Crippen molar-refractivity contribution in [1.82, 2.24) is 14.9 Å². The number of alkyl halides is 1. The first-order chi connectivity index (χ1) is 16.3. The van der Waals surface area contributed by atoms with Gasteiger partial charge in [0.15, 0.2) is 23.5 Å². The average Bonchev–Trinajstić information content (AvgIpc) is 2.84. The minimum atomic E-state index is -1.41. The van der Waals surface area contributed by atoms with Crippen LogP contribution in [0, 0.1) is 5.82 Å². The van der Waals surface area contributed by atoms with Gasteiger partial charge in [0, 0.05) is 24.4 Å². The van der Waals surface area contributed by atoms with Crippen LogP contribution in [0.5, 0.6) is 11.5 Å². The fourth-order valence-electron chi connectivity index (χ4n) is 3.67. The summed E-state index contributed by atoms with van der Waals surface area (Å²) in [6.07, 6.45) is 0.546. The molecule has 0 bridgehead atoms. The highest BCUT2D eigenvalue weighted by Crippen LogP contribution is 2.37. The Kier molecular flexibility index (Phi) is 7.04. The molecule has 2 heterocycles. The highest BCUT2D eigenvalue weighted by Gasteiger charge is 2.33. The Morgan fingerprint density at radius 3 is 2.79 bits per heavy atom. The molecule has 34 heavy (non-hydrogen) atoms. The smallest absolute Gasteiger partial charge is 0.246 e. The van der Waals surface area contributed by atoms with Gasteiger partial charge in [-0.05, 0) is 24.3 Å². The number of benzene rings is 2. The number of hydrogen-bond acceptors (Lipinski definition) is 6. The summed E-state index contributed by atoms with van der Waals surface area (Å²) < 4.78 is 40.8. The lowest BCUT2D eigenvalue weighted by Crippen LogP contribution is -2.48. The van der Waals surface area contributed by atoms with E-state index in [2.05, 4.69) is 21.9 Å². The Bertz CT molecular complexity index is 1260. The van der Waals surface area contributed by atoms with Crippen LogP contribution in [0.4, 0.5) is 20.3 Å². The van der Waals surface area contributed by atoms with Crippen LogP contribution in [-0.2, 0) is 4.79 Å². The van der Waals surface area contributed by atoms with Crippen LogP contribution in [0.2, 0.25) is 10.0 Å². The number of nitrogens with zero attached hydrogens (tertiary/aromatic N) is 3. The molecule has 2 aromatic carbocycles. The quantitative estimate of drug-likeness (QED) is 0.358. The number of hydrogen-bond donors (Lipinski definition) is 1. The van der Waals surface area contributed by atoms with E-state index >= 15 is 0 Å². The van der Waals surface area contributed by atoms with Crippen LogP contribution in [0.15, 0.2) is 43.2 Å². The molecular weight excluding hydrogens is 489 g/mol. The van der Waals surface area contributed by atoms with Gasteiger partial charge in [-0.25, -0.2) is 18.7 Å². The summed E-state index contributed by atoms with van der Waals surface area (Å²) in [6.45, 7) is 3.67. The van der Waals surface area contributed by atoms with Crippen molar-refractivity contribution in [3.05, 3.63) is 59.1 Å². The molecule has 1 aliphatic heterocycles. The maximum Gasteiger partial charge on any atom is 0.246 e. The predicted octanol–water partition coefficient (Wildman–Crippen LogP) is 5.33. The Hall–Kier alpha value is -3.17. The van der Waals surface area contributed by atoms with E-state index in [0.717, 1.165) is 6.08 Å². The third-order valence-electron chi connectivity index (χ3n) is 5.46. The molecule has 11 heteroatoms. The molecule has 3 aromatic rings. The SMILES string of the molecule is C=CC(=O)N1CC[C@@H](Oc2cc3c(Nc4ccc(Cl)c(Cl)c4F)ncnc3cc2OC)[C@H](F)C1. The molecule has 1 saturated heterocycles. The fourth-order valence-corrected chi connectivity index (χ4v) is 3.98. The third kappa shape index (κ3) is 4.71. The van der Waals surface area contributed by atoms with Gasteiger partial charge in [-0.2, -0.15) is 0 Å². The topological polar surface area (TPSA) is 76.6 Å². The number of rotatable bonds is 6. The molecule has 1 fully saturated rings. The molecule has 0 spiro atoms. The Labute approximate surface area is 204 Å². The summed E-state index contributed by atoms with van der Waals surface area (Å²) >= 11 is 11.8. The lowest BCUT2D eigenvalue weighted by atomic mass is 10.1.